The summed E-state index contributed by atoms with van der Waals surface area (Å²) in [5.74, 6) is 0.530. The molecule has 10 nitrogen and oxygen atoms in total. The lowest BCUT2D eigenvalue weighted by atomic mass is 10.1. The Hall–Kier alpha value is -4.77. The largest absolute Gasteiger partial charge is 0.493 e. The van der Waals surface area contributed by atoms with E-state index < -0.39 is 5.25 Å². The van der Waals surface area contributed by atoms with E-state index >= 15 is 0 Å². The fraction of sp³-hybridized carbons (Fsp3) is 0.200. The lowest BCUT2D eigenvalue weighted by molar-refractivity contribution is -0.116. The third-order valence-corrected chi connectivity index (χ3v) is 7.01. The zero-order chi connectivity index (χ0) is 29.5. The Morgan fingerprint density at radius 2 is 1.49 bits per heavy atom. The van der Waals surface area contributed by atoms with Crippen LogP contribution in [0.25, 0.3) is 6.08 Å². The Morgan fingerprint density at radius 3 is 2.02 bits per heavy atom. The molecule has 3 aromatic rings. The SMILES string of the molecule is COc1cc(/C=C2/N=C(S[C@@H](C)C(=O)Nc3ccc(NC(C)=O)cc3)N(c3ccccc3)C2=O)cc(OC)c1OC. The number of para-hydroxylation sites is 1. The molecule has 0 spiro atoms. The van der Waals surface area contributed by atoms with Gasteiger partial charge in [0.05, 0.1) is 32.3 Å². The van der Waals surface area contributed by atoms with Crippen LogP contribution < -0.4 is 29.7 Å². The second-order valence-electron chi connectivity index (χ2n) is 8.87. The van der Waals surface area contributed by atoms with Gasteiger partial charge in [-0.05, 0) is 67.1 Å². The quantitative estimate of drug-likeness (QED) is 0.338. The van der Waals surface area contributed by atoms with Crippen molar-refractivity contribution in [3.8, 4) is 17.2 Å². The molecule has 1 atom stereocenters. The van der Waals surface area contributed by atoms with Crippen LogP contribution in [-0.4, -0.2) is 49.5 Å². The number of carbonyl (C=O) groups is 3. The van der Waals surface area contributed by atoms with Gasteiger partial charge < -0.3 is 24.8 Å². The van der Waals surface area contributed by atoms with E-state index in [0.717, 1.165) is 11.8 Å². The van der Waals surface area contributed by atoms with E-state index in [-0.39, 0.29) is 23.4 Å². The number of thioether (sulfide) groups is 1. The van der Waals surface area contributed by atoms with Crippen LogP contribution in [0.3, 0.4) is 0 Å². The average Bonchev–Trinajstić information content (AvgIpc) is 3.27. The Kier molecular flexibility index (Phi) is 9.30. The van der Waals surface area contributed by atoms with Gasteiger partial charge in [0.1, 0.15) is 5.70 Å². The van der Waals surface area contributed by atoms with Crippen LogP contribution >= 0.6 is 11.8 Å². The first-order valence-electron chi connectivity index (χ1n) is 12.6. The van der Waals surface area contributed by atoms with Gasteiger partial charge >= 0.3 is 0 Å². The van der Waals surface area contributed by atoms with Crippen molar-refractivity contribution in [3.63, 3.8) is 0 Å². The summed E-state index contributed by atoms with van der Waals surface area (Å²) in [6.07, 6.45) is 1.64. The highest BCUT2D eigenvalue weighted by Gasteiger charge is 2.34. The summed E-state index contributed by atoms with van der Waals surface area (Å²) >= 11 is 1.16. The number of aliphatic imine (C=N–C) groups is 1. The molecule has 0 radical (unpaired) electrons. The molecule has 11 heteroatoms. The minimum atomic E-state index is -0.594. The number of ether oxygens (including phenoxy) is 3. The van der Waals surface area contributed by atoms with Crippen LogP contribution in [-0.2, 0) is 14.4 Å². The number of hydrogen-bond acceptors (Lipinski definition) is 8. The summed E-state index contributed by atoms with van der Waals surface area (Å²) in [5.41, 5.74) is 2.63. The molecule has 0 unspecified atom stereocenters. The van der Waals surface area contributed by atoms with Gasteiger partial charge in [-0.2, -0.15) is 0 Å². The van der Waals surface area contributed by atoms with Gasteiger partial charge in [0, 0.05) is 18.3 Å². The van der Waals surface area contributed by atoms with Crippen molar-refractivity contribution in [1.82, 2.24) is 0 Å². The maximum absolute atomic E-state index is 13.6. The van der Waals surface area contributed by atoms with Crippen LogP contribution in [0.5, 0.6) is 17.2 Å². The molecular weight excluding hydrogens is 544 g/mol. The summed E-state index contributed by atoms with van der Waals surface area (Å²) in [4.78, 5) is 44.0. The second kappa shape index (κ2) is 13.1. The summed E-state index contributed by atoms with van der Waals surface area (Å²) in [5, 5.41) is 5.32. The molecule has 3 aromatic carbocycles. The van der Waals surface area contributed by atoms with Gasteiger partial charge in [-0.3, -0.25) is 19.3 Å². The molecule has 0 saturated carbocycles. The predicted octanol–water partition coefficient (Wildman–Crippen LogP) is 5.17. The predicted molar refractivity (Wildman–Crippen MR) is 162 cm³/mol. The van der Waals surface area contributed by atoms with Crippen molar-refractivity contribution >= 4 is 57.8 Å². The summed E-state index contributed by atoms with van der Waals surface area (Å²) in [7, 11) is 4.55. The first-order valence-corrected chi connectivity index (χ1v) is 13.5. The number of rotatable bonds is 9. The fourth-order valence-electron chi connectivity index (χ4n) is 4.02. The third kappa shape index (κ3) is 6.87. The molecule has 0 aliphatic carbocycles. The number of benzene rings is 3. The van der Waals surface area contributed by atoms with Crippen molar-refractivity contribution in [2.45, 2.75) is 19.1 Å². The number of anilines is 3. The minimum Gasteiger partial charge on any atom is -0.493 e. The molecule has 41 heavy (non-hydrogen) atoms. The normalized spacial score (nSPS) is 14.4. The molecule has 1 heterocycles. The molecule has 0 fully saturated rings. The highest BCUT2D eigenvalue weighted by molar-refractivity contribution is 8.15. The van der Waals surface area contributed by atoms with Crippen LogP contribution in [0.15, 0.2) is 77.4 Å². The van der Waals surface area contributed by atoms with E-state index in [4.69, 9.17) is 14.2 Å². The number of nitrogens with zero attached hydrogens (tertiary/aromatic N) is 2. The monoisotopic (exact) mass is 574 g/mol. The van der Waals surface area contributed by atoms with Gasteiger partial charge in [-0.1, -0.05) is 30.0 Å². The molecule has 3 amide bonds. The Bertz CT molecular complexity index is 1480. The third-order valence-electron chi connectivity index (χ3n) is 5.96. The Balaban J connectivity index is 1.61. The van der Waals surface area contributed by atoms with Crippen LogP contribution in [0, 0.1) is 0 Å². The van der Waals surface area contributed by atoms with E-state index in [1.807, 2.05) is 18.2 Å². The molecule has 2 N–H and O–H groups in total. The standard InChI is InChI=1S/C30H30N4O6S/c1-18(28(36)32-22-13-11-21(12-14-22)31-19(2)35)41-30-33-24(29(37)34(30)23-9-7-6-8-10-23)15-20-16-25(38-3)27(40-5)26(17-20)39-4/h6-18H,1-5H3,(H,31,35)(H,32,36)/b24-15+/t18-/m0/s1. The zero-order valence-electron chi connectivity index (χ0n) is 23.3. The van der Waals surface area contributed by atoms with Crippen molar-refractivity contribution in [2.75, 3.05) is 36.9 Å². The number of nitrogens with one attached hydrogen (secondary N) is 2. The molecule has 1 aliphatic heterocycles. The molecule has 0 bridgehead atoms. The number of amidine groups is 1. The number of amides is 3. The Labute approximate surface area is 242 Å². The minimum absolute atomic E-state index is 0.180. The zero-order valence-corrected chi connectivity index (χ0v) is 24.1. The summed E-state index contributed by atoms with van der Waals surface area (Å²) in [6, 6.07) is 19.4. The highest BCUT2D eigenvalue weighted by atomic mass is 32.2. The molecule has 0 aromatic heterocycles. The maximum Gasteiger partial charge on any atom is 0.283 e. The van der Waals surface area contributed by atoms with Gasteiger partial charge in [0.25, 0.3) is 5.91 Å². The Morgan fingerprint density at radius 1 is 0.902 bits per heavy atom. The van der Waals surface area contributed by atoms with Crippen molar-refractivity contribution in [1.29, 1.82) is 0 Å². The summed E-state index contributed by atoms with van der Waals surface area (Å²) in [6.45, 7) is 3.16. The maximum atomic E-state index is 13.6. The molecule has 212 valence electrons. The van der Waals surface area contributed by atoms with Crippen LogP contribution in [0.1, 0.15) is 19.4 Å². The number of hydrogen-bond donors (Lipinski definition) is 2. The van der Waals surface area contributed by atoms with E-state index in [0.29, 0.717) is 45.0 Å². The van der Waals surface area contributed by atoms with E-state index in [1.54, 1.807) is 61.5 Å². The first kappa shape index (κ1) is 29.2. The van der Waals surface area contributed by atoms with Gasteiger partial charge in [0.15, 0.2) is 16.7 Å². The van der Waals surface area contributed by atoms with Crippen LogP contribution in [0.4, 0.5) is 17.1 Å². The van der Waals surface area contributed by atoms with Gasteiger partial charge in [0.2, 0.25) is 17.6 Å². The topological polar surface area (TPSA) is 119 Å². The molecule has 0 saturated heterocycles. The van der Waals surface area contributed by atoms with E-state index in [2.05, 4.69) is 15.6 Å². The molecular formula is C30H30N4O6S. The summed E-state index contributed by atoms with van der Waals surface area (Å²) < 4.78 is 16.3. The van der Waals surface area contributed by atoms with Crippen molar-refractivity contribution in [2.24, 2.45) is 4.99 Å². The highest BCUT2D eigenvalue weighted by Crippen LogP contribution is 2.39. The first-order chi connectivity index (χ1) is 19.7. The lowest BCUT2D eigenvalue weighted by Crippen LogP contribution is -2.33. The number of methoxy groups -OCH3 is 3. The smallest absolute Gasteiger partial charge is 0.283 e. The molecule has 4 rings (SSSR count). The van der Waals surface area contributed by atoms with Crippen molar-refractivity contribution in [3.05, 3.63) is 78.0 Å². The van der Waals surface area contributed by atoms with E-state index in [1.165, 1.54) is 33.2 Å². The van der Waals surface area contributed by atoms with Crippen LogP contribution in [0.2, 0.25) is 0 Å². The number of carbonyl (C=O) groups excluding carboxylic acids is 3. The second-order valence-corrected chi connectivity index (χ2v) is 10.2. The van der Waals surface area contributed by atoms with Gasteiger partial charge in [-0.25, -0.2) is 4.99 Å². The molecule has 1 aliphatic rings. The van der Waals surface area contributed by atoms with E-state index in [9.17, 15) is 14.4 Å². The van der Waals surface area contributed by atoms with Crippen molar-refractivity contribution < 1.29 is 28.6 Å². The fourth-order valence-corrected chi connectivity index (χ4v) is 4.95. The van der Waals surface area contributed by atoms with Gasteiger partial charge in [-0.15, -0.1) is 0 Å². The lowest BCUT2D eigenvalue weighted by Gasteiger charge is -2.20. The average molecular weight is 575 g/mol.